The molecule has 1 aliphatic rings. The molecule has 23 heavy (non-hydrogen) atoms. The molecule has 1 atom stereocenters. The Morgan fingerprint density at radius 1 is 1.35 bits per heavy atom. The van der Waals surface area contributed by atoms with Crippen molar-refractivity contribution in [1.82, 2.24) is 9.80 Å². The lowest BCUT2D eigenvalue weighted by molar-refractivity contribution is -0.0503. The van der Waals surface area contributed by atoms with Gasteiger partial charge in [0.2, 0.25) is 0 Å². The molecule has 0 radical (unpaired) electrons. The highest BCUT2D eigenvalue weighted by molar-refractivity contribution is 5.97. The maximum absolute atomic E-state index is 12.8. The Morgan fingerprint density at radius 2 is 2.09 bits per heavy atom. The average Bonchev–Trinajstić information content (AvgIpc) is 2.52. The summed E-state index contributed by atoms with van der Waals surface area (Å²) in [5.41, 5.74) is 0.213. The van der Waals surface area contributed by atoms with Crippen LogP contribution in [-0.2, 0) is 0 Å². The number of para-hydroxylation sites is 1. The van der Waals surface area contributed by atoms with Gasteiger partial charge >= 0.3 is 6.61 Å². The van der Waals surface area contributed by atoms with Crippen LogP contribution in [0.1, 0.15) is 36.0 Å². The topological polar surface area (TPSA) is 32.8 Å². The number of carbonyl (C=O) groups excluding carboxylic acids is 1. The normalized spacial score (nSPS) is 18.5. The second-order valence-corrected chi connectivity index (χ2v) is 6.11. The molecule has 1 aromatic carbocycles. The molecule has 1 heterocycles. The van der Waals surface area contributed by atoms with E-state index < -0.39 is 6.61 Å². The van der Waals surface area contributed by atoms with Crippen molar-refractivity contribution in [3.8, 4) is 5.75 Å². The maximum Gasteiger partial charge on any atom is 0.387 e. The summed E-state index contributed by atoms with van der Waals surface area (Å²) >= 11 is 0. The summed E-state index contributed by atoms with van der Waals surface area (Å²) in [4.78, 5) is 16.8. The smallest absolute Gasteiger partial charge is 0.387 e. The van der Waals surface area contributed by atoms with Crippen LogP contribution in [0.5, 0.6) is 5.75 Å². The van der Waals surface area contributed by atoms with Gasteiger partial charge in [-0.1, -0.05) is 12.1 Å². The molecule has 6 heteroatoms. The van der Waals surface area contributed by atoms with E-state index >= 15 is 0 Å². The molecule has 0 saturated carbocycles. The maximum atomic E-state index is 12.8. The predicted molar refractivity (Wildman–Crippen MR) is 84.9 cm³/mol. The number of rotatable bonds is 6. The van der Waals surface area contributed by atoms with E-state index in [4.69, 9.17) is 0 Å². The first-order chi connectivity index (χ1) is 11.0. The second-order valence-electron chi connectivity index (χ2n) is 6.11. The zero-order chi connectivity index (χ0) is 16.8. The van der Waals surface area contributed by atoms with E-state index in [1.54, 1.807) is 18.2 Å². The molecule has 2 rings (SSSR count). The van der Waals surface area contributed by atoms with Gasteiger partial charge in [0, 0.05) is 12.6 Å². The summed E-state index contributed by atoms with van der Waals surface area (Å²) in [7, 11) is 4.00. The number of halogens is 2. The highest BCUT2D eigenvalue weighted by Gasteiger charge is 2.29. The fourth-order valence-electron chi connectivity index (χ4n) is 2.97. The number of hydrogen-bond acceptors (Lipinski definition) is 3. The molecule has 0 spiro atoms. The van der Waals surface area contributed by atoms with Crippen molar-refractivity contribution in [2.75, 3.05) is 27.2 Å². The minimum atomic E-state index is -2.94. The molecule has 0 unspecified atom stereocenters. The van der Waals surface area contributed by atoms with Crippen LogP contribution >= 0.6 is 0 Å². The fraction of sp³-hybridized carbons (Fsp3) is 0.588. The molecule has 1 saturated heterocycles. The van der Waals surface area contributed by atoms with Gasteiger partial charge < -0.3 is 14.5 Å². The van der Waals surface area contributed by atoms with Crippen LogP contribution in [0.4, 0.5) is 8.78 Å². The zero-order valence-corrected chi connectivity index (χ0v) is 13.7. The molecule has 4 nitrogen and oxygen atoms in total. The van der Waals surface area contributed by atoms with Gasteiger partial charge in [0.15, 0.2) is 0 Å². The van der Waals surface area contributed by atoms with Gasteiger partial charge in [0.1, 0.15) is 5.75 Å². The summed E-state index contributed by atoms with van der Waals surface area (Å²) in [5.74, 6) is -0.269. The SMILES string of the molecule is CN(C)CC[C@H]1CCCCN1C(=O)c1ccccc1OC(F)F. The van der Waals surface area contributed by atoms with Crippen molar-refractivity contribution in [2.24, 2.45) is 0 Å². The largest absolute Gasteiger partial charge is 0.434 e. The summed E-state index contributed by atoms with van der Waals surface area (Å²) in [6, 6.07) is 6.38. The van der Waals surface area contributed by atoms with E-state index in [1.165, 1.54) is 6.07 Å². The first-order valence-electron chi connectivity index (χ1n) is 7.98. The standard InChI is InChI=1S/C17H24F2N2O2/c1-20(2)12-10-13-7-5-6-11-21(13)16(22)14-8-3-4-9-15(14)23-17(18)19/h3-4,8-9,13,17H,5-7,10-12H2,1-2H3/t13-/m1/s1. The molecular weight excluding hydrogens is 302 g/mol. The monoisotopic (exact) mass is 326 g/mol. The van der Waals surface area contributed by atoms with Crippen LogP contribution < -0.4 is 4.74 Å². The van der Waals surface area contributed by atoms with Gasteiger partial charge in [-0.15, -0.1) is 0 Å². The number of alkyl halides is 2. The summed E-state index contributed by atoms with van der Waals surface area (Å²) in [6.45, 7) is -1.38. The Hall–Kier alpha value is -1.69. The third-order valence-corrected chi connectivity index (χ3v) is 4.13. The Labute approximate surface area is 136 Å². The number of benzene rings is 1. The first-order valence-corrected chi connectivity index (χ1v) is 7.98. The molecule has 0 aliphatic carbocycles. The zero-order valence-electron chi connectivity index (χ0n) is 13.7. The van der Waals surface area contributed by atoms with Gasteiger partial charge in [-0.05, 0) is 58.5 Å². The van der Waals surface area contributed by atoms with E-state index in [9.17, 15) is 13.6 Å². The molecule has 0 aromatic heterocycles. The van der Waals surface area contributed by atoms with Gasteiger partial charge in [-0.25, -0.2) is 0 Å². The third-order valence-electron chi connectivity index (χ3n) is 4.13. The number of likely N-dealkylation sites (tertiary alicyclic amines) is 1. The van der Waals surface area contributed by atoms with Crippen molar-refractivity contribution in [1.29, 1.82) is 0 Å². The number of carbonyl (C=O) groups is 1. The van der Waals surface area contributed by atoms with Gasteiger partial charge in [0.05, 0.1) is 5.56 Å². The van der Waals surface area contributed by atoms with E-state index in [2.05, 4.69) is 9.64 Å². The van der Waals surface area contributed by atoms with Crippen molar-refractivity contribution in [3.63, 3.8) is 0 Å². The Balaban J connectivity index is 2.16. The van der Waals surface area contributed by atoms with E-state index in [1.807, 2.05) is 19.0 Å². The number of hydrogen-bond donors (Lipinski definition) is 0. The number of ether oxygens (including phenoxy) is 1. The minimum absolute atomic E-state index is 0.0515. The van der Waals surface area contributed by atoms with Gasteiger partial charge in [-0.3, -0.25) is 4.79 Å². The molecule has 1 aliphatic heterocycles. The van der Waals surface area contributed by atoms with E-state index in [-0.39, 0.29) is 23.3 Å². The van der Waals surface area contributed by atoms with Crippen molar-refractivity contribution in [2.45, 2.75) is 38.3 Å². The Morgan fingerprint density at radius 3 is 2.78 bits per heavy atom. The van der Waals surface area contributed by atoms with Crippen molar-refractivity contribution in [3.05, 3.63) is 29.8 Å². The highest BCUT2D eigenvalue weighted by atomic mass is 19.3. The van der Waals surface area contributed by atoms with Gasteiger partial charge in [-0.2, -0.15) is 8.78 Å². The van der Waals surface area contributed by atoms with Crippen LogP contribution in [-0.4, -0.2) is 55.5 Å². The minimum Gasteiger partial charge on any atom is -0.434 e. The third kappa shape index (κ3) is 4.89. The Kier molecular flexibility index (Phi) is 6.33. The summed E-state index contributed by atoms with van der Waals surface area (Å²) in [5, 5.41) is 0. The summed E-state index contributed by atoms with van der Waals surface area (Å²) in [6.07, 6.45) is 3.88. The quantitative estimate of drug-likeness (QED) is 0.804. The molecule has 1 fully saturated rings. The molecular formula is C17H24F2N2O2. The van der Waals surface area contributed by atoms with Crippen LogP contribution in [0.25, 0.3) is 0 Å². The van der Waals surface area contributed by atoms with Crippen molar-refractivity contribution >= 4 is 5.91 Å². The van der Waals surface area contributed by atoms with Crippen molar-refractivity contribution < 1.29 is 18.3 Å². The lowest BCUT2D eigenvalue weighted by Crippen LogP contribution is -2.45. The molecule has 1 amide bonds. The Bertz CT molecular complexity index is 523. The lowest BCUT2D eigenvalue weighted by Gasteiger charge is -2.36. The number of nitrogens with zero attached hydrogens (tertiary/aromatic N) is 2. The summed E-state index contributed by atoms with van der Waals surface area (Å²) < 4.78 is 29.6. The molecule has 0 bridgehead atoms. The van der Waals surface area contributed by atoms with Crippen LogP contribution in [0.2, 0.25) is 0 Å². The van der Waals surface area contributed by atoms with Crippen LogP contribution in [0.15, 0.2) is 24.3 Å². The highest BCUT2D eigenvalue weighted by Crippen LogP contribution is 2.27. The predicted octanol–water partition coefficient (Wildman–Crippen LogP) is 3.23. The van der Waals surface area contributed by atoms with Gasteiger partial charge in [0.25, 0.3) is 5.91 Å². The van der Waals surface area contributed by atoms with E-state index in [0.29, 0.717) is 6.54 Å². The second kappa shape index (κ2) is 8.24. The molecule has 128 valence electrons. The average molecular weight is 326 g/mol. The first kappa shape index (κ1) is 17.7. The van der Waals surface area contributed by atoms with Crippen LogP contribution in [0.3, 0.4) is 0 Å². The lowest BCUT2D eigenvalue weighted by atomic mass is 9.98. The van der Waals surface area contributed by atoms with Crippen LogP contribution in [0, 0.1) is 0 Å². The number of piperidine rings is 1. The number of amides is 1. The van der Waals surface area contributed by atoms with E-state index in [0.717, 1.165) is 32.2 Å². The fourth-order valence-corrected chi connectivity index (χ4v) is 2.97. The molecule has 0 N–H and O–H groups in total. The molecule has 1 aromatic rings.